The van der Waals surface area contributed by atoms with Gasteiger partial charge in [-0.3, -0.25) is 0 Å². The van der Waals surface area contributed by atoms with E-state index in [0.717, 1.165) is 29.9 Å². The largest absolute Gasteiger partial charge is 0.374 e. The first-order chi connectivity index (χ1) is 9.81. The highest BCUT2D eigenvalue weighted by atomic mass is 79.9. The van der Waals surface area contributed by atoms with Crippen LogP contribution in [-0.2, 0) is 16.1 Å². The third-order valence-corrected chi connectivity index (χ3v) is 4.70. The van der Waals surface area contributed by atoms with Crippen molar-refractivity contribution >= 4 is 15.9 Å². The fourth-order valence-electron chi connectivity index (χ4n) is 2.55. The molecule has 1 aliphatic heterocycles. The van der Waals surface area contributed by atoms with Crippen molar-refractivity contribution in [2.45, 2.75) is 50.5 Å². The molecule has 1 N–H and O–H groups in total. The van der Waals surface area contributed by atoms with Crippen LogP contribution in [0.1, 0.15) is 31.2 Å². The van der Waals surface area contributed by atoms with Gasteiger partial charge < -0.3 is 14.8 Å². The van der Waals surface area contributed by atoms with Crippen molar-refractivity contribution in [3.63, 3.8) is 0 Å². The highest BCUT2D eigenvalue weighted by Crippen LogP contribution is 2.23. The Morgan fingerprint density at radius 2 is 1.95 bits per heavy atom. The van der Waals surface area contributed by atoms with E-state index in [9.17, 15) is 0 Å². The molecule has 1 heterocycles. The molecule has 1 aliphatic carbocycles. The third kappa shape index (κ3) is 4.29. The minimum atomic E-state index is 0.267. The normalized spacial score (nSPS) is 26.1. The standard InChI is InChI=1S/C16H22BrNO2/c17-16-4-2-1-3-12(16)10-19-11-15-8-7-14(20-15)9-18-13-5-6-13/h1-4,13-15,18H,5-11H2. The lowest BCUT2D eigenvalue weighted by Gasteiger charge is -2.15. The van der Waals surface area contributed by atoms with Crippen molar-refractivity contribution < 1.29 is 9.47 Å². The van der Waals surface area contributed by atoms with E-state index in [2.05, 4.69) is 27.3 Å². The van der Waals surface area contributed by atoms with Crippen LogP contribution in [0.3, 0.4) is 0 Å². The molecular weight excluding hydrogens is 318 g/mol. The molecule has 3 nitrogen and oxygen atoms in total. The number of nitrogens with one attached hydrogen (secondary N) is 1. The van der Waals surface area contributed by atoms with Gasteiger partial charge in [-0.05, 0) is 37.3 Å². The zero-order chi connectivity index (χ0) is 13.8. The highest BCUT2D eigenvalue weighted by molar-refractivity contribution is 9.10. The zero-order valence-corrected chi connectivity index (χ0v) is 13.3. The molecule has 0 spiro atoms. The molecule has 1 aromatic carbocycles. The van der Waals surface area contributed by atoms with Crippen LogP contribution >= 0.6 is 15.9 Å². The first kappa shape index (κ1) is 14.5. The van der Waals surface area contributed by atoms with Gasteiger partial charge in [0.2, 0.25) is 0 Å². The van der Waals surface area contributed by atoms with E-state index in [0.29, 0.717) is 19.3 Å². The Balaban J connectivity index is 1.34. The minimum Gasteiger partial charge on any atom is -0.374 e. The Labute approximate surface area is 129 Å². The van der Waals surface area contributed by atoms with E-state index in [1.54, 1.807) is 0 Å². The second-order valence-electron chi connectivity index (χ2n) is 5.75. The topological polar surface area (TPSA) is 30.5 Å². The summed E-state index contributed by atoms with van der Waals surface area (Å²) in [6, 6.07) is 8.95. The van der Waals surface area contributed by atoms with Crippen molar-refractivity contribution in [1.82, 2.24) is 5.32 Å². The summed E-state index contributed by atoms with van der Waals surface area (Å²) in [4.78, 5) is 0. The van der Waals surface area contributed by atoms with Crippen LogP contribution in [0.25, 0.3) is 0 Å². The smallest absolute Gasteiger partial charge is 0.0814 e. The first-order valence-corrected chi connectivity index (χ1v) is 8.30. The zero-order valence-electron chi connectivity index (χ0n) is 11.7. The maximum absolute atomic E-state index is 6.01. The molecule has 4 heteroatoms. The van der Waals surface area contributed by atoms with Gasteiger partial charge in [-0.2, -0.15) is 0 Å². The molecule has 1 saturated heterocycles. The summed E-state index contributed by atoms with van der Waals surface area (Å²) >= 11 is 3.54. The molecule has 1 saturated carbocycles. The lowest BCUT2D eigenvalue weighted by Crippen LogP contribution is -2.29. The van der Waals surface area contributed by atoms with E-state index in [-0.39, 0.29) is 6.10 Å². The second-order valence-corrected chi connectivity index (χ2v) is 6.60. The molecule has 0 radical (unpaired) electrons. The Hall–Kier alpha value is -0.420. The maximum Gasteiger partial charge on any atom is 0.0814 e. The van der Waals surface area contributed by atoms with E-state index >= 15 is 0 Å². The SMILES string of the molecule is Brc1ccccc1COCC1CCC(CNC2CC2)O1. The molecule has 2 unspecified atom stereocenters. The fraction of sp³-hybridized carbons (Fsp3) is 0.625. The van der Waals surface area contributed by atoms with Crippen molar-refractivity contribution in [3.8, 4) is 0 Å². The van der Waals surface area contributed by atoms with Crippen LogP contribution in [0.2, 0.25) is 0 Å². The maximum atomic E-state index is 6.01. The quantitative estimate of drug-likeness (QED) is 0.826. The number of ether oxygens (including phenoxy) is 2. The van der Waals surface area contributed by atoms with Gasteiger partial charge in [-0.25, -0.2) is 0 Å². The Morgan fingerprint density at radius 3 is 2.75 bits per heavy atom. The van der Waals surface area contributed by atoms with E-state index in [4.69, 9.17) is 9.47 Å². The Bertz CT molecular complexity index is 436. The molecule has 20 heavy (non-hydrogen) atoms. The molecule has 2 atom stereocenters. The summed E-state index contributed by atoms with van der Waals surface area (Å²) in [5, 5.41) is 3.54. The summed E-state index contributed by atoms with van der Waals surface area (Å²) in [5.41, 5.74) is 1.19. The average Bonchev–Trinajstić information content (AvgIpc) is 3.18. The van der Waals surface area contributed by atoms with Crippen LogP contribution in [0.15, 0.2) is 28.7 Å². The van der Waals surface area contributed by atoms with Crippen LogP contribution < -0.4 is 5.32 Å². The summed E-state index contributed by atoms with van der Waals surface area (Å²) in [6.45, 7) is 2.35. The van der Waals surface area contributed by atoms with Crippen LogP contribution in [0, 0.1) is 0 Å². The van der Waals surface area contributed by atoms with E-state index in [1.807, 2.05) is 18.2 Å². The number of rotatable bonds is 7. The Kier molecular flexibility index (Phi) is 5.10. The van der Waals surface area contributed by atoms with Gasteiger partial charge in [0.05, 0.1) is 25.4 Å². The van der Waals surface area contributed by atoms with Gasteiger partial charge in [-0.15, -0.1) is 0 Å². The lowest BCUT2D eigenvalue weighted by molar-refractivity contribution is -0.0191. The van der Waals surface area contributed by atoms with Gasteiger partial charge >= 0.3 is 0 Å². The highest BCUT2D eigenvalue weighted by Gasteiger charge is 2.28. The summed E-state index contributed by atoms with van der Waals surface area (Å²) < 4.78 is 12.9. The van der Waals surface area contributed by atoms with Gasteiger partial charge in [0, 0.05) is 17.1 Å². The van der Waals surface area contributed by atoms with Crippen LogP contribution in [0.5, 0.6) is 0 Å². The number of hydrogen-bond acceptors (Lipinski definition) is 3. The predicted octanol–water partition coefficient (Wildman–Crippen LogP) is 3.27. The summed E-state index contributed by atoms with van der Waals surface area (Å²) in [6.07, 6.45) is 5.60. The van der Waals surface area contributed by atoms with Gasteiger partial charge in [-0.1, -0.05) is 34.1 Å². The number of halogens is 1. The molecule has 2 fully saturated rings. The van der Waals surface area contributed by atoms with Gasteiger partial charge in [0.25, 0.3) is 0 Å². The van der Waals surface area contributed by atoms with Crippen molar-refractivity contribution in [3.05, 3.63) is 34.3 Å². The molecule has 110 valence electrons. The molecule has 0 amide bonds. The summed E-state index contributed by atoms with van der Waals surface area (Å²) in [7, 11) is 0. The summed E-state index contributed by atoms with van der Waals surface area (Å²) in [5.74, 6) is 0. The van der Waals surface area contributed by atoms with Crippen LogP contribution in [-0.4, -0.2) is 31.4 Å². The van der Waals surface area contributed by atoms with Crippen molar-refractivity contribution in [1.29, 1.82) is 0 Å². The second kappa shape index (κ2) is 7.03. The van der Waals surface area contributed by atoms with E-state index < -0.39 is 0 Å². The number of hydrogen-bond donors (Lipinski definition) is 1. The number of benzene rings is 1. The Morgan fingerprint density at radius 1 is 1.15 bits per heavy atom. The molecule has 1 aromatic rings. The van der Waals surface area contributed by atoms with Crippen molar-refractivity contribution in [2.75, 3.05) is 13.2 Å². The predicted molar refractivity (Wildman–Crippen MR) is 82.7 cm³/mol. The lowest BCUT2D eigenvalue weighted by atomic mass is 10.2. The monoisotopic (exact) mass is 339 g/mol. The van der Waals surface area contributed by atoms with Crippen LogP contribution in [0.4, 0.5) is 0 Å². The van der Waals surface area contributed by atoms with Gasteiger partial charge in [0.15, 0.2) is 0 Å². The minimum absolute atomic E-state index is 0.267. The van der Waals surface area contributed by atoms with Gasteiger partial charge in [0.1, 0.15) is 0 Å². The average molecular weight is 340 g/mol. The molecule has 0 bridgehead atoms. The van der Waals surface area contributed by atoms with Crippen molar-refractivity contribution in [2.24, 2.45) is 0 Å². The molecular formula is C16H22BrNO2. The molecule has 0 aromatic heterocycles. The third-order valence-electron chi connectivity index (χ3n) is 3.93. The van der Waals surface area contributed by atoms with E-state index in [1.165, 1.54) is 18.4 Å². The fourth-order valence-corrected chi connectivity index (χ4v) is 2.95. The first-order valence-electron chi connectivity index (χ1n) is 7.51. The molecule has 3 rings (SSSR count). The molecule has 2 aliphatic rings.